The van der Waals surface area contributed by atoms with Gasteiger partial charge in [-0.3, -0.25) is 14.5 Å². The Bertz CT molecular complexity index is 602. The van der Waals surface area contributed by atoms with Crippen LogP contribution in [0, 0.1) is 0 Å². The first-order valence-corrected chi connectivity index (χ1v) is 8.33. The molecule has 0 radical (unpaired) electrons. The van der Waals surface area contributed by atoms with Gasteiger partial charge >= 0.3 is 5.97 Å². The third kappa shape index (κ3) is 3.11. The standard InChI is InChI=1S/C18H24N2O3/c1-13-11-14-7-3-4-8-15(14)20(13)17(21)12-19-10-6-5-9-16(19)18(22)23-2/h3-4,7-8,13,16H,5-6,9-12H2,1-2H3/t13-,16+/m1/s1. The fourth-order valence-corrected chi connectivity index (χ4v) is 3.78. The van der Waals surface area contributed by atoms with Gasteiger partial charge in [-0.2, -0.15) is 0 Å². The number of benzene rings is 1. The second-order valence-corrected chi connectivity index (χ2v) is 6.45. The maximum atomic E-state index is 12.9. The number of nitrogens with zero attached hydrogens (tertiary/aromatic N) is 2. The van der Waals surface area contributed by atoms with Crippen LogP contribution in [-0.4, -0.2) is 49.1 Å². The van der Waals surface area contributed by atoms with E-state index in [9.17, 15) is 9.59 Å². The van der Waals surface area contributed by atoms with Crippen molar-refractivity contribution in [3.05, 3.63) is 29.8 Å². The summed E-state index contributed by atoms with van der Waals surface area (Å²) in [7, 11) is 1.41. The molecule has 0 N–H and O–H groups in total. The first kappa shape index (κ1) is 16.0. The number of carbonyl (C=O) groups is 2. The highest BCUT2D eigenvalue weighted by molar-refractivity contribution is 5.97. The van der Waals surface area contributed by atoms with E-state index < -0.39 is 0 Å². The third-order valence-electron chi connectivity index (χ3n) is 4.90. The molecule has 1 amide bonds. The maximum absolute atomic E-state index is 12.9. The lowest BCUT2D eigenvalue weighted by atomic mass is 10.0. The molecule has 0 unspecified atom stereocenters. The van der Waals surface area contributed by atoms with Crippen LogP contribution < -0.4 is 4.90 Å². The van der Waals surface area contributed by atoms with Gasteiger partial charge in [0.25, 0.3) is 0 Å². The predicted octanol–water partition coefficient (Wildman–Crippen LogP) is 1.99. The van der Waals surface area contributed by atoms with E-state index in [2.05, 4.69) is 13.0 Å². The molecule has 3 rings (SSSR count). The molecule has 2 heterocycles. The number of ether oxygens (including phenoxy) is 1. The summed E-state index contributed by atoms with van der Waals surface area (Å²) in [5, 5.41) is 0. The molecule has 1 saturated heterocycles. The number of para-hydroxylation sites is 1. The van der Waals surface area contributed by atoms with Crippen molar-refractivity contribution >= 4 is 17.6 Å². The van der Waals surface area contributed by atoms with Gasteiger partial charge in [-0.25, -0.2) is 0 Å². The SMILES string of the molecule is COC(=O)[C@@H]1CCCCN1CC(=O)N1c2ccccc2C[C@H]1C. The van der Waals surface area contributed by atoms with Crippen molar-refractivity contribution in [2.45, 2.75) is 44.7 Å². The van der Waals surface area contributed by atoms with Crippen molar-refractivity contribution < 1.29 is 14.3 Å². The molecule has 0 bridgehead atoms. The van der Waals surface area contributed by atoms with Gasteiger partial charge in [0.1, 0.15) is 6.04 Å². The van der Waals surface area contributed by atoms with Gasteiger partial charge in [-0.15, -0.1) is 0 Å². The number of piperidine rings is 1. The van der Waals surface area contributed by atoms with Crippen LogP contribution >= 0.6 is 0 Å². The first-order chi connectivity index (χ1) is 11.1. The van der Waals surface area contributed by atoms with Crippen LogP contribution in [0.25, 0.3) is 0 Å². The summed E-state index contributed by atoms with van der Waals surface area (Å²) in [6.07, 6.45) is 3.69. The first-order valence-electron chi connectivity index (χ1n) is 8.33. The van der Waals surface area contributed by atoms with Crippen LogP contribution in [-0.2, 0) is 20.7 Å². The quantitative estimate of drug-likeness (QED) is 0.800. The summed E-state index contributed by atoms with van der Waals surface area (Å²) >= 11 is 0. The molecule has 5 heteroatoms. The molecule has 124 valence electrons. The van der Waals surface area contributed by atoms with E-state index in [0.29, 0.717) is 0 Å². The van der Waals surface area contributed by atoms with Crippen molar-refractivity contribution in [3.8, 4) is 0 Å². The minimum Gasteiger partial charge on any atom is -0.468 e. The molecule has 1 aromatic carbocycles. The number of methoxy groups -OCH3 is 1. The smallest absolute Gasteiger partial charge is 0.323 e. The van der Waals surface area contributed by atoms with E-state index in [1.807, 2.05) is 28.0 Å². The average molecular weight is 316 g/mol. The lowest BCUT2D eigenvalue weighted by Gasteiger charge is -2.34. The molecule has 0 aliphatic carbocycles. The van der Waals surface area contributed by atoms with Crippen LogP contribution in [0.3, 0.4) is 0 Å². The normalized spacial score (nSPS) is 24.3. The molecule has 23 heavy (non-hydrogen) atoms. The molecule has 2 aliphatic rings. The second-order valence-electron chi connectivity index (χ2n) is 6.45. The Morgan fingerprint density at radius 2 is 2.04 bits per heavy atom. The Labute approximate surface area is 137 Å². The maximum Gasteiger partial charge on any atom is 0.323 e. The number of fused-ring (bicyclic) bond motifs is 1. The molecule has 0 saturated carbocycles. The number of hydrogen-bond donors (Lipinski definition) is 0. The molecular weight excluding hydrogens is 292 g/mol. The van der Waals surface area contributed by atoms with E-state index in [0.717, 1.165) is 37.9 Å². The number of amides is 1. The fraction of sp³-hybridized carbons (Fsp3) is 0.556. The molecule has 1 aromatic rings. The number of carbonyl (C=O) groups excluding carboxylic acids is 2. The lowest BCUT2D eigenvalue weighted by molar-refractivity contribution is -0.148. The Morgan fingerprint density at radius 3 is 2.83 bits per heavy atom. The summed E-state index contributed by atoms with van der Waals surface area (Å²) < 4.78 is 4.90. The van der Waals surface area contributed by atoms with Crippen molar-refractivity contribution in [1.82, 2.24) is 4.90 Å². The Balaban J connectivity index is 1.74. The van der Waals surface area contributed by atoms with Gasteiger partial charge in [0.05, 0.1) is 13.7 Å². The van der Waals surface area contributed by atoms with Gasteiger partial charge in [0.15, 0.2) is 0 Å². The summed E-state index contributed by atoms with van der Waals surface area (Å²) in [5.74, 6) is -0.161. The number of likely N-dealkylation sites (tertiary alicyclic amines) is 1. The monoisotopic (exact) mass is 316 g/mol. The third-order valence-corrected chi connectivity index (χ3v) is 4.90. The summed E-state index contributed by atoms with van der Waals surface area (Å²) in [6.45, 7) is 3.12. The van der Waals surface area contributed by atoms with Crippen LogP contribution in [0.15, 0.2) is 24.3 Å². The minimum atomic E-state index is -0.286. The largest absolute Gasteiger partial charge is 0.468 e. The van der Waals surface area contributed by atoms with Gasteiger partial charge in [-0.05, 0) is 44.4 Å². The minimum absolute atomic E-state index is 0.0678. The summed E-state index contributed by atoms with van der Waals surface area (Å²) in [6, 6.07) is 7.95. The highest BCUT2D eigenvalue weighted by Gasteiger charge is 2.35. The Hall–Kier alpha value is -1.88. The Kier molecular flexibility index (Phi) is 4.66. The van der Waals surface area contributed by atoms with E-state index in [-0.39, 0.29) is 30.5 Å². The number of hydrogen-bond acceptors (Lipinski definition) is 4. The van der Waals surface area contributed by atoms with Crippen LogP contribution in [0.4, 0.5) is 5.69 Å². The molecule has 5 nitrogen and oxygen atoms in total. The molecule has 2 atom stereocenters. The van der Waals surface area contributed by atoms with Crippen molar-refractivity contribution in [1.29, 1.82) is 0 Å². The zero-order valence-electron chi connectivity index (χ0n) is 13.8. The van der Waals surface area contributed by atoms with E-state index in [1.54, 1.807) is 0 Å². The van der Waals surface area contributed by atoms with Crippen LogP contribution in [0.5, 0.6) is 0 Å². The van der Waals surface area contributed by atoms with Crippen LogP contribution in [0.2, 0.25) is 0 Å². The lowest BCUT2D eigenvalue weighted by Crippen LogP contribution is -2.51. The molecule has 0 spiro atoms. The highest BCUT2D eigenvalue weighted by atomic mass is 16.5. The highest BCUT2D eigenvalue weighted by Crippen LogP contribution is 2.32. The van der Waals surface area contributed by atoms with Crippen LogP contribution in [0.1, 0.15) is 31.7 Å². The molecule has 1 fully saturated rings. The Morgan fingerprint density at radius 1 is 1.26 bits per heavy atom. The molecule has 2 aliphatic heterocycles. The fourth-order valence-electron chi connectivity index (χ4n) is 3.78. The van der Waals surface area contributed by atoms with Crippen molar-refractivity contribution in [2.24, 2.45) is 0 Å². The van der Waals surface area contributed by atoms with Gasteiger partial charge in [0, 0.05) is 11.7 Å². The number of rotatable bonds is 3. The van der Waals surface area contributed by atoms with Crippen molar-refractivity contribution in [2.75, 3.05) is 25.1 Å². The van der Waals surface area contributed by atoms with Gasteiger partial charge in [-0.1, -0.05) is 24.6 Å². The topological polar surface area (TPSA) is 49.9 Å². The average Bonchev–Trinajstić information content (AvgIpc) is 2.90. The number of esters is 1. The summed E-state index contributed by atoms with van der Waals surface area (Å²) in [4.78, 5) is 28.7. The second kappa shape index (κ2) is 6.71. The predicted molar refractivity (Wildman–Crippen MR) is 88.3 cm³/mol. The molecular formula is C18H24N2O3. The zero-order valence-corrected chi connectivity index (χ0v) is 13.8. The van der Waals surface area contributed by atoms with Gasteiger partial charge < -0.3 is 9.64 Å². The summed E-state index contributed by atoms with van der Waals surface area (Å²) in [5.41, 5.74) is 2.23. The number of anilines is 1. The zero-order chi connectivity index (χ0) is 16.4. The van der Waals surface area contributed by atoms with Gasteiger partial charge in [0.2, 0.25) is 5.91 Å². The molecule has 0 aromatic heterocycles. The van der Waals surface area contributed by atoms with E-state index >= 15 is 0 Å². The van der Waals surface area contributed by atoms with E-state index in [1.165, 1.54) is 12.7 Å². The van der Waals surface area contributed by atoms with Crippen molar-refractivity contribution in [3.63, 3.8) is 0 Å². The van der Waals surface area contributed by atoms with E-state index in [4.69, 9.17) is 4.74 Å².